The van der Waals surface area contributed by atoms with Gasteiger partial charge in [0, 0.05) is 13.2 Å². The van der Waals surface area contributed by atoms with Crippen LogP contribution in [0.5, 0.6) is 0 Å². The highest BCUT2D eigenvalue weighted by Gasteiger charge is 2.00. The van der Waals surface area contributed by atoms with Crippen molar-refractivity contribution in [1.82, 2.24) is 5.48 Å². The molecule has 0 aromatic carbocycles. The summed E-state index contributed by atoms with van der Waals surface area (Å²) in [6, 6.07) is 0. The Labute approximate surface area is 54.1 Å². The third-order valence-electron chi connectivity index (χ3n) is 1.05. The molecule has 0 saturated carbocycles. The van der Waals surface area contributed by atoms with E-state index in [9.17, 15) is 0 Å². The van der Waals surface area contributed by atoms with Gasteiger partial charge in [0.25, 0.3) is 0 Å². The summed E-state index contributed by atoms with van der Waals surface area (Å²) in [7, 11) is 0. The van der Waals surface area contributed by atoms with Crippen molar-refractivity contribution in [1.29, 1.82) is 0 Å². The first-order chi connectivity index (χ1) is 4.31. The maximum Gasteiger partial charge on any atom is 0.0575 e. The molecule has 0 radical (unpaired) electrons. The number of rotatable bonds is 5. The molecule has 0 bridgehead atoms. The van der Waals surface area contributed by atoms with Crippen molar-refractivity contribution in [3.05, 3.63) is 0 Å². The SMILES string of the molecule is OCCC(O)CCNO. The molecule has 0 rings (SSSR count). The van der Waals surface area contributed by atoms with Crippen molar-refractivity contribution < 1.29 is 15.4 Å². The first-order valence-corrected chi connectivity index (χ1v) is 2.97. The lowest BCUT2D eigenvalue weighted by Crippen LogP contribution is -2.17. The Hall–Kier alpha value is -0.160. The van der Waals surface area contributed by atoms with Gasteiger partial charge in [0.15, 0.2) is 0 Å². The van der Waals surface area contributed by atoms with Gasteiger partial charge in [-0.2, -0.15) is 0 Å². The maximum absolute atomic E-state index is 8.87. The highest BCUT2D eigenvalue weighted by atomic mass is 16.5. The van der Waals surface area contributed by atoms with E-state index >= 15 is 0 Å². The molecule has 0 aliphatic heterocycles. The van der Waals surface area contributed by atoms with Gasteiger partial charge in [0.2, 0.25) is 0 Å². The van der Waals surface area contributed by atoms with Crippen molar-refractivity contribution in [3.63, 3.8) is 0 Å². The molecule has 0 spiro atoms. The summed E-state index contributed by atoms with van der Waals surface area (Å²) in [4.78, 5) is 0. The Bertz CT molecular complexity index is 60.2. The van der Waals surface area contributed by atoms with Crippen molar-refractivity contribution in [3.8, 4) is 0 Å². The highest BCUT2D eigenvalue weighted by molar-refractivity contribution is 4.53. The molecule has 56 valence electrons. The first-order valence-electron chi connectivity index (χ1n) is 2.97. The molecule has 4 nitrogen and oxygen atoms in total. The number of hydroxylamine groups is 1. The summed E-state index contributed by atoms with van der Waals surface area (Å²) in [5, 5.41) is 25.2. The topological polar surface area (TPSA) is 72.7 Å². The minimum absolute atomic E-state index is 0.00735. The molecule has 0 heterocycles. The van der Waals surface area contributed by atoms with Gasteiger partial charge in [0.1, 0.15) is 0 Å². The van der Waals surface area contributed by atoms with Crippen LogP contribution in [0.3, 0.4) is 0 Å². The molecule has 0 aromatic rings. The summed E-state index contributed by atoms with van der Waals surface area (Å²) in [5.41, 5.74) is 1.92. The second kappa shape index (κ2) is 5.97. The van der Waals surface area contributed by atoms with Gasteiger partial charge in [0.05, 0.1) is 6.10 Å². The van der Waals surface area contributed by atoms with Crippen molar-refractivity contribution in [2.24, 2.45) is 0 Å². The first kappa shape index (κ1) is 8.84. The second-order valence-electron chi connectivity index (χ2n) is 1.86. The third-order valence-corrected chi connectivity index (χ3v) is 1.05. The van der Waals surface area contributed by atoms with Gasteiger partial charge in [-0.05, 0) is 12.8 Å². The van der Waals surface area contributed by atoms with Crippen molar-refractivity contribution in [2.75, 3.05) is 13.2 Å². The standard InChI is InChI=1S/C5H13NO3/c7-4-2-5(8)1-3-6-9/h5-9H,1-4H2. The van der Waals surface area contributed by atoms with Gasteiger partial charge in [-0.15, -0.1) is 0 Å². The predicted octanol–water partition coefficient (Wildman–Crippen LogP) is -0.901. The molecule has 4 N–H and O–H groups in total. The van der Waals surface area contributed by atoms with E-state index in [1.165, 1.54) is 0 Å². The highest BCUT2D eigenvalue weighted by Crippen LogP contribution is 1.93. The summed E-state index contributed by atoms with van der Waals surface area (Å²) in [5.74, 6) is 0. The van der Waals surface area contributed by atoms with Crippen LogP contribution in [0.15, 0.2) is 0 Å². The van der Waals surface area contributed by atoms with Crippen molar-refractivity contribution >= 4 is 0 Å². The average molecular weight is 135 g/mol. The number of hydrogen-bond donors (Lipinski definition) is 4. The van der Waals surface area contributed by atoms with Crippen LogP contribution >= 0.6 is 0 Å². The normalized spacial score (nSPS) is 13.7. The largest absolute Gasteiger partial charge is 0.396 e. The van der Waals surface area contributed by atoms with Crippen LogP contribution in [0.2, 0.25) is 0 Å². The number of aliphatic hydroxyl groups excluding tert-OH is 2. The Morgan fingerprint density at radius 1 is 1.33 bits per heavy atom. The summed E-state index contributed by atoms with van der Waals surface area (Å²) in [6.07, 6.45) is 0.341. The molecule has 1 atom stereocenters. The maximum atomic E-state index is 8.87. The lowest BCUT2D eigenvalue weighted by molar-refractivity contribution is 0.1000. The molecule has 0 amide bonds. The van der Waals surface area contributed by atoms with E-state index < -0.39 is 6.10 Å². The zero-order valence-electron chi connectivity index (χ0n) is 5.25. The Kier molecular flexibility index (Phi) is 5.86. The molecule has 1 unspecified atom stereocenters. The van der Waals surface area contributed by atoms with Gasteiger partial charge >= 0.3 is 0 Å². The lowest BCUT2D eigenvalue weighted by atomic mass is 10.2. The second-order valence-corrected chi connectivity index (χ2v) is 1.86. The van der Waals surface area contributed by atoms with E-state index in [-0.39, 0.29) is 6.61 Å². The van der Waals surface area contributed by atoms with Gasteiger partial charge in [-0.25, -0.2) is 5.48 Å². The molecular weight excluding hydrogens is 122 g/mol. The number of hydrogen-bond acceptors (Lipinski definition) is 4. The number of nitrogens with one attached hydrogen (secondary N) is 1. The fraction of sp³-hybridized carbons (Fsp3) is 1.00. The zero-order chi connectivity index (χ0) is 7.11. The van der Waals surface area contributed by atoms with Gasteiger partial charge < -0.3 is 15.4 Å². The van der Waals surface area contributed by atoms with Gasteiger partial charge in [-0.3, -0.25) is 0 Å². The van der Waals surface area contributed by atoms with Crippen LogP contribution in [0.1, 0.15) is 12.8 Å². The van der Waals surface area contributed by atoms with E-state index in [2.05, 4.69) is 0 Å². The monoisotopic (exact) mass is 135 g/mol. The van der Waals surface area contributed by atoms with E-state index in [1.807, 2.05) is 5.48 Å². The molecule has 0 aromatic heterocycles. The third kappa shape index (κ3) is 5.72. The molecule has 0 fully saturated rings. The van der Waals surface area contributed by atoms with Crippen LogP contribution in [-0.2, 0) is 0 Å². The van der Waals surface area contributed by atoms with Crippen LogP contribution in [-0.4, -0.2) is 34.7 Å². The Balaban J connectivity index is 2.95. The minimum Gasteiger partial charge on any atom is -0.396 e. The molecule has 0 aliphatic carbocycles. The van der Waals surface area contributed by atoms with Gasteiger partial charge in [-0.1, -0.05) is 0 Å². The minimum atomic E-state index is -0.505. The Morgan fingerprint density at radius 3 is 2.44 bits per heavy atom. The smallest absolute Gasteiger partial charge is 0.0575 e. The summed E-state index contributed by atoms with van der Waals surface area (Å²) < 4.78 is 0. The van der Waals surface area contributed by atoms with E-state index in [0.717, 1.165) is 0 Å². The van der Waals surface area contributed by atoms with Crippen LogP contribution in [0.4, 0.5) is 0 Å². The van der Waals surface area contributed by atoms with Crippen LogP contribution in [0, 0.1) is 0 Å². The predicted molar refractivity (Wildman–Crippen MR) is 32.1 cm³/mol. The molecular formula is C5H13NO3. The van der Waals surface area contributed by atoms with Crippen molar-refractivity contribution in [2.45, 2.75) is 18.9 Å². The van der Waals surface area contributed by atoms with E-state index in [1.54, 1.807) is 0 Å². The summed E-state index contributed by atoms with van der Waals surface area (Å²) in [6.45, 7) is 0.355. The molecule has 0 saturated heterocycles. The lowest BCUT2D eigenvalue weighted by Gasteiger charge is -2.05. The molecule has 0 aliphatic rings. The fourth-order valence-corrected chi connectivity index (χ4v) is 0.525. The van der Waals surface area contributed by atoms with Crippen LogP contribution in [0.25, 0.3) is 0 Å². The summed E-state index contributed by atoms with van der Waals surface area (Å²) >= 11 is 0. The number of aliphatic hydroxyl groups is 2. The zero-order valence-corrected chi connectivity index (χ0v) is 5.25. The quantitative estimate of drug-likeness (QED) is 0.369. The average Bonchev–Trinajstić information content (AvgIpc) is 1.85. The Morgan fingerprint density at radius 2 is 2.00 bits per heavy atom. The molecule has 4 heteroatoms. The fourth-order valence-electron chi connectivity index (χ4n) is 0.525. The van der Waals surface area contributed by atoms with E-state index in [0.29, 0.717) is 19.4 Å². The molecule has 9 heavy (non-hydrogen) atoms. The van der Waals surface area contributed by atoms with Crippen LogP contribution < -0.4 is 5.48 Å². The van der Waals surface area contributed by atoms with E-state index in [4.69, 9.17) is 15.4 Å².